The minimum atomic E-state index is -1.90. The second-order valence-corrected chi connectivity index (χ2v) is 32.2. The minimum Gasteiger partial charge on any atom is -0.394 e. The van der Waals surface area contributed by atoms with Crippen molar-refractivity contribution in [2.75, 3.05) is 58.7 Å². The molecule has 580 valence electrons. The number of carbonyl (C=O) groups excluding carboxylic acids is 14. The standard InChI is InChI=1S/C67H114N18O16S2/c1-13-35(4)47-59(96)81-50-60(97)79-49(37(6)15-3)63(100)84-29-19-23-44(84)56(93)73-38(21-16-26-68)52(89)82-65(101)80-48(36(5)14-2)58(95)77-43(34-102-103-67(50,10)11)55(92)76-41(32-86)53(90)72-39(22-17-27-71-64(69)70-12)51(88)75-42(33-87)54(91)74-40(31-66(7,8)9)61(98)85-30-20-25-46(85)62(99)83-28-18-24-45(83)57(94)78-47/h35-50,86-87H,13-34,68H2,1-12H3,(H,72,90)(H,73,93)(H,74,91)(H,75,88)(H,76,92)(H,77,95)(H,78,94)(H,79,97)(H,81,96)(H3,69,70,71)(H2,80,82,89,101)/t35-,36-,37-,38-,39-,40-,41-,42-,43-,44-,45-,46-,47-,48-,49-,50+/m0/s1. The Balaban J connectivity index is 1.73. The fourth-order valence-electron chi connectivity index (χ4n) is 13.0. The van der Waals surface area contributed by atoms with Gasteiger partial charge < -0.3 is 94.9 Å². The van der Waals surface area contributed by atoms with E-state index in [9.17, 15) is 63.0 Å². The maximum atomic E-state index is 15.6. The van der Waals surface area contributed by atoms with Crippen LogP contribution >= 0.6 is 21.6 Å². The highest BCUT2D eigenvalue weighted by Gasteiger charge is 2.49. The average Bonchev–Trinajstić information content (AvgIpc) is 1.55. The Morgan fingerprint density at radius 3 is 1.53 bits per heavy atom. The summed E-state index contributed by atoms with van der Waals surface area (Å²) >= 11 is 0. The van der Waals surface area contributed by atoms with E-state index in [2.05, 4.69) is 68.8 Å². The molecule has 0 aromatic heterocycles. The lowest BCUT2D eigenvalue weighted by Crippen LogP contribution is -2.64. The van der Waals surface area contributed by atoms with Gasteiger partial charge in [-0.05, 0) is 114 Å². The number of nitrogens with zero attached hydrogens (tertiary/aromatic N) is 4. The number of hydrogen-bond acceptors (Lipinski definition) is 20. The third-order valence-corrected chi connectivity index (χ3v) is 23.0. The number of aliphatic hydroxyl groups is 2. The molecule has 0 aromatic rings. The van der Waals surface area contributed by atoms with E-state index < -0.39 is 208 Å². The first-order valence-corrected chi connectivity index (χ1v) is 38.4. The topological polar surface area (TPSA) is 498 Å². The van der Waals surface area contributed by atoms with Crippen LogP contribution in [0.3, 0.4) is 0 Å². The van der Waals surface area contributed by atoms with Gasteiger partial charge in [0.1, 0.15) is 78.5 Å². The van der Waals surface area contributed by atoms with Crippen LogP contribution in [-0.4, -0.2) is 256 Å². The zero-order valence-corrected chi connectivity index (χ0v) is 63.3. The van der Waals surface area contributed by atoms with Gasteiger partial charge in [-0.1, -0.05) is 103 Å². The molecule has 5 fully saturated rings. The lowest BCUT2D eigenvalue weighted by Gasteiger charge is -2.37. The Morgan fingerprint density at radius 1 is 0.544 bits per heavy atom. The number of nitrogens with one attached hydrogen (secondary N) is 12. The molecule has 5 rings (SSSR count). The molecule has 16 atom stereocenters. The molecule has 0 spiro atoms. The van der Waals surface area contributed by atoms with Gasteiger partial charge in [0.05, 0.1) is 13.2 Å². The molecule has 0 unspecified atom stereocenters. The molecule has 36 heteroatoms. The molecule has 5 heterocycles. The number of imide groups is 1. The predicted molar refractivity (Wildman–Crippen MR) is 386 cm³/mol. The first-order chi connectivity index (χ1) is 48.6. The van der Waals surface area contributed by atoms with Gasteiger partial charge >= 0.3 is 6.03 Å². The molecule has 15 amide bonds. The molecule has 0 aliphatic carbocycles. The lowest BCUT2D eigenvalue weighted by molar-refractivity contribution is -0.148. The van der Waals surface area contributed by atoms with Crippen LogP contribution in [0.2, 0.25) is 0 Å². The van der Waals surface area contributed by atoms with Crippen LogP contribution in [0.1, 0.15) is 166 Å². The molecule has 0 aromatic carbocycles. The van der Waals surface area contributed by atoms with Crippen molar-refractivity contribution < 1.29 is 77.3 Å². The Labute approximate surface area is 611 Å². The number of amides is 15. The summed E-state index contributed by atoms with van der Waals surface area (Å²) in [5, 5.41) is 53.4. The van der Waals surface area contributed by atoms with E-state index in [1.807, 2.05) is 20.8 Å². The minimum absolute atomic E-state index is 0.00158. The van der Waals surface area contributed by atoms with Crippen molar-refractivity contribution in [2.45, 2.75) is 249 Å². The van der Waals surface area contributed by atoms with Gasteiger partial charge in [0.25, 0.3) is 5.91 Å². The van der Waals surface area contributed by atoms with Crippen molar-refractivity contribution in [3.05, 3.63) is 0 Å². The summed E-state index contributed by atoms with van der Waals surface area (Å²) in [5.74, 6) is -13.7. The predicted octanol–water partition coefficient (Wildman–Crippen LogP) is -2.68. The lowest BCUT2D eigenvalue weighted by atomic mass is 9.87. The molecule has 5 aliphatic rings. The molecular formula is C67H114N18O16S2. The van der Waals surface area contributed by atoms with Crippen LogP contribution in [0.5, 0.6) is 0 Å². The van der Waals surface area contributed by atoms with Gasteiger partial charge in [-0.3, -0.25) is 72.6 Å². The summed E-state index contributed by atoms with van der Waals surface area (Å²) in [5.41, 5.74) is 11.1. The van der Waals surface area contributed by atoms with Crippen LogP contribution in [-0.2, 0) is 62.3 Å². The van der Waals surface area contributed by atoms with E-state index in [0.717, 1.165) is 21.6 Å². The van der Waals surface area contributed by atoms with Crippen LogP contribution in [0.15, 0.2) is 4.99 Å². The van der Waals surface area contributed by atoms with E-state index in [0.29, 0.717) is 32.1 Å². The normalized spacial score (nSPS) is 29.8. The zero-order valence-electron chi connectivity index (χ0n) is 61.7. The highest BCUT2D eigenvalue weighted by molar-refractivity contribution is 8.77. The van der Waals surface area contributed by atoms with Gasteiger partial charge in [-0.2, -0.15) is 0 Å². The van der Waals surface area contributed by atoms with Crippen LogP contribution in [0, 0.1) is 23.2 Å². The van der Waals surface area contributed by atoms with Crippen LogP contribution in [0.25, 0.3) is 0 Å². The summed E-state index contributed by atoms with van der Waals surface area (Å²) < 4.78 is -1.50. The molecule has 34 nitrogen and oxygen atoms in total. The van der Waals surface area contributed by atoms with Gasteiger partial charge in [-0.25, -0.2) is 4.79 Å². The first kappa shape index (κ1) is 86.1. The van der Waals surface area contributed by atoms with E-state index in [-0.39, 0.29) is 96.5 Å². The van der Waals surface area contributed by atoms with Gasteiger partial charge in [0.15, 0.2) is 5.96 Å². The number of aliphatic hydroxyl groups excluding tert-OH is 2. The van der Waals surface area contributed by atoms with Gasteiger partial charge in [-0.15, -0.1) is 0 Å². The Morgan fingerprint density at radius 2 is 0.990 bits per heavy atom. The number of rotatable bonds is 16. The number of carbonyl (C=O) groups is 14. The summed E-state index contributed by atoms with van der Waals surface area (Å²) in [6, 6.07) is -20.1. The Kier molecular flexibility index (Phi) is 33.5. The summed E-state index contributed by atoms with van der Waals surface area (Å²) in [4.78, 5) is 214. The number of aliphatic imine (C=N–C) groups is 1. The van der Waals surface area contributed by atoms with Crippen molar-refractivity contribution in [1.29, 1.82) is 0 Å². The molecular weight excluding hydrogens is 1380 g/mol. The molecule has 18 N–H and O–H groups in total. The monoisotopic (exact) mass is 1490 g/mol. The SMILES string of the molecule is CC[C@H](C)[C@@H]1NC(=O)NC(=O)[C@H](CCCN)NC(=O)[C@@H]2CCCN2C(=O)[C@H]([C@@H](C)CC)NC(=O)[C@H]2NC(=O)[C@H]([C@@H](C)CC)NC(=O)[C@@H]3CCCN3C(=O)[C@@H]3CCCN3C(=O)[C@H](CC(C)(C)C)NC(=O)[C@H](CO)NC(=O)[C@H](CCCNC(N)=NC)NC(=O)[C@H](CO)NC(=O)[C@H](CSSC2(C)C)NC1=O. The number of nitrogens with two attached hydrogens (primary N) is 2. The highest BCUT2D eigenvalue weighted by atomic mass is 33.1. The fourth-order valence-corrected chi connectivity index (χ4v) is 15.8. The molecule has 5 saturated heterocycles. The third kappa shape index (κ3) is 24.0. The average molecular weight is 1490 g/mol. The maximum Gasteiger partial charge on any atom is 0.322 e. The highest BCUT2D eigenvalue weighted by Crippen LogP contribution is 2.39. The third-order valence-electron chi connectivity index (χ3n) is 19.7. The molecule has 5 aliphatic heterocycles. The zero-order chi connectivity index (χ0) is 76.8. The summed E-state index contributed by atoms with van der Waals surface area (Å²) in [7, 11) is 3.27. The second kappa shape index (κ2) is 40.1. The number of urea groups is 1. The quantitative estimate of drug-likeness (QED) is 0.0324. The van der Waals surface area contributed by atoms with Crippen molar-refractivity contribution in [3.8, 4) is 0 Å². The van der Waals surface area contributed by atoms with Crippen LogP contribution in [0.4, 0.5) is 4.79 Å². The Bertz CT molecular complexity index is 3070. The van der Waals surface area contributed by atoms with Crippen molar-refractivity contribution in [3.63, 3.8) is 0 Å². The van der Waals surface area contributed by atoms with Crippen molar-refractivity contribution in [2.24, 2.45) is 39.6 Å². The van der Waals surface area contributed by atoms with Crippen molar-refractivity contribution >= 4 is 110 Å². The van der Waals surface area contributed by atoms with Gasteiger partial charge in [0, 0.05) is 43.7 Å². The van der Waals surface area contributed by atoms with Gasteiger partial charge in [0.2, 0.25) is 70.9 Å². The summed E-state index contributed by atoms with van der Waals surface area (Å²) in [6.07, 6.45) is 2.47. The maximum absolute atomic E-state index is 15.6. The summed E-state index contributed by atoms with van der Waals surface area (Å²) in [6.45, 7) is 17.2. The number of fused-ring (bicyclic) bond motifs is 8. The number of hydrogen-bond donors (Lipinski definition) is 16. The van der Waals surface area contributed by atoms with E-state index in [1.165, 1.54) is 21.7 Å². The molecule has 0 saturated carbocycles. The van der Waals surface area contributed by atoms with E-state index >= 15 is 14.4 Å². The smallest absolute Gasteiger partial charge is 0.322 e. The Hall–Kier alpha value is -7.57. The van der Waals surface area contributed by atoms with E-state index in [4.69, 9.17) is 11.5 Å². The molecule has 2 bridgehead atoms. The van der Waals surface area contributed by atoms with Crippen LogP contribution < -0.4 is 75.3 Å². The van der Waals surface area contributed by atoms with E-state index in [1.54, 1.807) is 55.4 Å². The first-order valence-electron chi connectivity index (χ1n) is 36.0. The number of guanidine groups is 1. The van der Waals surface area contributed by atoms with Crippen molar-refractivity contribution in [1.82, 2.24) is 78.5 Å². The largest absolute Gasteiger partial charge is 0.394 e. The fraction of sp³-hybridized carbons (Fsp3) is 0.776. The molecule has 0 radical (unpaired) electrons. The second-order valence-electron chi connectivity index (χ2n) is 29.2. The molecule has 103 heavy (non-hydrogen) atoms.